The van der Waals surface area contributed by atoms with Gasteiger partial charge >= 0.3 is 6.18 Å². The van der Waals surface area contributed by atoms with Crippen LogP contribution in [0, 0.1) is 0 Å². The lowest BCUT2D eigenvalue weighted by molar-refractivity contribution is -0.137. The molecule has 2 aromatic carbocycles. The number of fused-ring (bicyclic) bond motifs is 1. The maximum absolute atomic E-state index is 13.0. The first-order valence-corrected chi connectivity index (χ1v) is 7.81. The zero-order chi connectivity index (χ0) is 18.9. The highest BCUT2D eigenvalue weighted by Crippen LogP contribution is 2.35. The predicted octanol–water partition coefficient (Wildman–Crippen LogP) is 4.57. The summed E-state index contributed by atoms with van der Waals surface area (Å²) in [4.78, 5) is 18.6. The van der Waals surface area contributed by atoms with Crippen LogP contribution in [0.15, 0.2) is 54.7 Å². The first kappa shape index (κ1) is 17.7. The van der Waals surface area contributed by atoms with E-state index in [9.17, 15) is 18.0 Å². The Labute approximate surface area is 148 Å². The summed E-state index contributed by atoms with van der Waals surface area (Å²) < 4.78 is 39.1. The number of hydrogen-bond donors (Lipinski definition) is 1. The molecule has 0 radical (unpaired) electrons. The third-order valence-electron chi connectivity index (χ3n) is 3.95. The molecule has 0 spiro atoms. The van der Waals surface area contributed by atoms with Crippen molar-refractivity contribution in [3.63, 3.8) is 0 Å². The molecule has 7 heteroatoms. The lowest BCUT2D eigenvalue weighted by Crippen LogP contribution is -2.18. The summed E-state index contributed by atoms with van der Waals surface area (Å²) in [6, 6.07) is 11.9. The molecular formula is C19H16F3N3O. The fraction of sp³-hybridized carbons (Fsp3) is 0.158. The van der Waals surface area contributed by atoms with Gasteiger partial charge in [0.25, 0.3) is 5.91 Å². The Morgan fingerprint density at radius 1 is 1.08 bits per heavy atom. The van der Waals surface area contributed by atoms with Crippen LogP contribution < -0.4 is 10.2 Å². The molecule has 0 atom stereocenters. The van der Waals surface area contributed by atoms with E-state index in [1.54, 1.807) is 49.3 Å². The highest BCUT2D eigenvalue weighted by Gasteiger charge is 2.31. The van der Waals surface area contributed by atoms with E-state index in [1.165, 1.54) is 12.3 Å². The van der Waals surface area contributed by atoms with E-state index in [0.717, 1.165) is 12.1 Å². The van der Waals surface area contributed by atoms with Gasteiger partial charge in [0, 0.05) is 25.7 Å². The van der Waals surface area contributed by atoms with Crippen LogP contribution in [-0.2, 0) is 6.18 Å². The van der Waals surface area contributed by atoms with Gasteiger partial charge in [0.2, 0.25) is 0 Å². The summed E-state index contributed by atoms with van der Waals surface area (Å²) in [6.07, 6.45) is -3.00. The van der Waals surface area contributed by atoms with Crippen molar-refractivity contribution in [2.45, 2.75) is 6.18 Å². The Bertz CT molecular complexity index is 962. The van der Waals surface area contributed by atoms with Gasteiger partial charge in [-0.2, -0.15) is 13.2 Å². The fourth-order valence-corrected chi connectivity index (χ4v) is 2.69. The monoisotopic (exact) mass is 359 g/mol. The van der Waals surface area contributed by atoms with Crippen LogP contribution in [-0.4, -0.2) is 25.0 Å². The highest BCUT2D eigenvalue weighted by molar-refractivity contribution is 6.13. The van der Waals surface area contributed by atoms with Crippen molar-refractivity contribution in [2.24, 2.45) is 0 Å². The van der Waals surface area contributed by atoms with Crippen LogP contribution >= 0.6 is 0 Å². The normalized spacial score (nSPS) is 11.4. The van der Waals surface area contributed by atoms with E-state index in [2.05, 4.69) is 10.3 Å². The minimum atomic E-state index is -4.49. The van der Waals surface area contributed by atoms with Crippen LogP contribution in [0.3, 0.4) is 0 Å². The number of anilines is 2. The molecule has 1 amide bonds. The number of carbonyl (C=O) groups excluding carboxylic acids is 1. The van der Waals surface area contributed by atoms with Gasteiger partial charge in [-0.1, -0.05) is 18.2 Å². The number of carbonyl (C=O) groups is 1. The van der Waals surface area contributed by atoms with E-state index in [4.69, 9.17) is 0 Å². The molecule has 0 unspecified atom stereocenters. The molecule has 3 aromatic rings. The zero-order valence-electron chi connectivity index (χ0n) is 14.1. The van der Waals surface area contributed by atoms with Crippen molar-refractivity contribution in [1.29, 1.82) is 0 Å². The number of hydrogen-bond acceptors (Lipinski definition) is 3. The minimum absolute atomic E-state index is 0.0933. The number of benzene rings is 2. The molecule has 0 saturated carbocycles. The number of pyridine rings is 1. The molecule has 0 saturated heterocycles. The smallest absolute Gasteiger partial charge is 0.376 e. The lowest BCUT2D eigenvalue weighted by atomic mass is 10.1. The van der Waals surface area contributed by atoms with Gasteiger partial charge in [-0.25, -0.2) is 0 Å². The van der Waals surface area contributed by atoms with Crippen molar-refractivity contribution in [3.05, 3.63) is 65.9 Å². The van der Waals surface area contributed by atoms with Crippen LogP contribution in [0.2, 0.25) is 0 Å². The summed E-state index contributed by atoms with van der Waals surface area (Å²) >= 11 is 0. The van der Waals surface area contributed by atoms with Crippen molar-refractivity contribution >= 4 is 28.2 Å². The van der Waals surface area contributed by atoms with E-state index < -0.39 is 17.6 Å². The third-order valence-corrected chi connectivity index (χ3v) is 3.95. The number of alkyl halides is 3. The summed E-state index contributed by atoms with van der Waals surface area (Å²) in [6.45, 7) is 0. The van der Waals surface area contributed by atoms with E-state index in [-0.39, 0.29) is 5.69 Å². The van der Waals surface area contributed by atoms with Crippen molar-refractivity contribution in [2.75, 3.05) is 24.3 Å². The molecule has 3 rings (SSSR count). The van der Waals surface area contributed by atoms with Crippen molar-refractivity contribution in [3.8, 4) is 0 Å². The number of amides is 1. The van der Waals surface area contributed by atoms with Gasteiger partial charge in [-0.3, -0.25) is 9.78 Å². The molecule has 1 heterocycles. The number of nitrogens with one attached hydrogen (secondary N) is 1. The minimum Gasteiger partial charge on any atom is -0.376 e. The predicted molar refractivity (Wildman–Crippen MR) is 95.5 cm³/mol. The Morgan fingerprint density at radius 2 is 1.81 bits per heavy atom. The van der Waals surface area contributed by atoms with Gasteiger partial charge in [-0.15, -0.1) is 0 Å². The van der Waals surface area contributed by atoms with Crippen LogP contribution in [0.1, 0.15) is 15.9 Å². The van der Waals surface area contributed by atoms with E-state index in [0.29, 0.717) is 22.2 Å². The second-order valence-electron chi connectivity index (χ2n) is 5.95. The Hall–Kier alpha value is -3.09. The maximum atomic E-state index is 13.0. The Kier molecular flexibility index (Phi) is 4.54. The lowest BCUT2D eigenvalue weighted by Gasteiger charge is -2.20. The summed E-state index contributed by atoms with van der Waals surface area (Å²) in [5, 5.41) is 3.23. The molecule has 0 fully saturated rings. The molecular weight excluding hydrogens is 343 g/mol. The molecule has 4 nitrogen and oxygen atoms in total. The molecule has 0 aliphatic rings. The number of rotatable bonds is 3. The van der Waals surface area contributed by atoms with Gasteiger partial charge in [0.05, 0.1) is 28.0 Å². The van der Waals surface area contributed by atoms with Crippen LogP contribution in [0.4, 0.5) is 24.5 Å². The molecule has 1 N–H and O–H groups in total. The average molecular weight is 359 g/mol. The third kappa shape index (κ3) is 3.46. The summed E-state index contributed by atoms with van der Waals surface area (Å²) in [5.74, 6) is -0.494. The summed E-state index contributed by atoms with van der Waals surface area (Å²) in [7, 11) is 3.39. The molecule has 1 aromatic heterocycles. The second-order valence-corrected chi connectivity index (χ2v) is 5.95. The summed E-state index contributed by atoms with van der Waals surface area (Å²) in [5.41, 5.74) is 0.730. The molecule has 0 aliphatic heterocycles. The fourth-order valence-electron chi connectivity index (χ4n) is 2.69. The van der Waals surface area contributed by atoms with E-state index in [1.807, 2.05) is 0 Å². The first-order chi connectivity index (χ1) is 12.3. The maximum Gasteiger partial charge on any atom is 0.416 e. The molecule has 134 valence electrons. The molecule has 0 bridgehead atoms. The Balaban J connectivity index is 2.03. The molecule has 0 aliphatic carbocycles. The van der Waals surface area contributed by atoms with E-state index >= 15 is 0 Å². The quantitative estimate of drug-likeness (QED) is 0.745. The van der Waals surface area contributed by atoms with Gasteiger partial charge < -0.3 is 10.2 Å². The number of aromatic nitrogens is 1. The van der Waals surface area contributed by atoms with Gasteiger partial charge in [-0.05, 0) is 30.3 Å². The second kappa shape index (κ2) is 6.67. The largest absolute Gasteiger partial charge is 0.416 e. The zero-order valence-corrected chi connectivity index (χ0v) is 14.1. The van der Waals surface area contributed by atoms with Gasteiger partial charge in [0.15, 0.2) is 0 Å². The highest BCUT2D eigenvalue weighted by atomic mass is 19.4. The molecule has 26 heavy (non-hydrogen) atoms. The van der Waals surface area contributed by atoms with Crippen LogP contribution in [0.25, 0.3) is 10.9 Å². The first-order valence-electron chi connectivity index (χ1n) is 7.81. The average Bonchev–Trinajstić information content (AvgIpc) is 2.60. The van der Waals surface area contributed by atoms with Crippen LogP contribution in [0.5, 0.6) is 0 Å². The van der Waals surface area contributed by atoms with Crippen molar-refractivity contribution in [1.82, 2.24) is 4.98 Å². The van der Waals surface area contributed by atoms with Crippen molar-refractivity contribution < 1.29 is 18.0 Å². The standard InChI is InChI=1S/C19H16F3N3O/c1-25(2)17-8-7-12(19(20,21)22)11-16(17)24-18(26)14-9-10-23-15-6-4-3-5-13(14)15/h3-11H,1-2H3,(H,24,26). The number of halogens is 3. The van der Waals surface area contributed by atoms with Gasteiger partial charge in [0.1, 0.15) is 0 Å². The number of para-hydroxylation sites is 1. The topological polar surface area (TPSA) is 45.2 Å². The number of nitrogens with zero attached hydrogens (tertiary/aromatic N) is 2. The SMILES string of the molecule is CN(C)c1ccc(C(F)(F)F)cc1NC(=O)c1ccnc2ccccc12. The Morgan fingerprint density at radius 3 is 2.50 bits per heavy atom.